The number of anilines is 2. The van der Waals surface area contributed by atoms with E-state index in [4.69, 9.17) is 0 Å². The maximum Gasteiger partial charge on any atom is 0.244 e. The minimum absolute atomic E-state index is 0.120. The Balaban J connectivity index is 1.73. The van der Waals surface area contributed by atoms with Gasteiger partial charge < -0.3 is 15.2 Å². The Kier molecular flexibility index (Phi) is 4.79. The van der Waals surface area contributed by atoms with E-state index in [0.29, 0.717) is 11.4 Å². The van der Waals surface area contributed by atoms with Gasteiger partial charge in [-0.2, -0.15) is 0 Å². The molecular formula is C19H20N4O2. The summed E-state index contributed by atoms with van der Waals surface area (Å²) in [6.45, 7) is 3.68. The second-order valence-electron chi connectivity index (χ2n) is 5.76. The predicted molar refractivity (Wildman–Crippen MR) is 98.5 cm³/mol. The van der Waals surface area contributed by atoms with Gasteiger partial charge in [-0.05, 0) is 36.4 Å². The van der Waals surface area contributed by atoms with Gasteiger partial charge >= 0.3 is 0 Å². The van der Waals surface area contributed by atoms with Crippen molar-refractivity contribution < 1.29 is 9.59 Å². The minimum atomic E-state index is -0.129. The molecule has 6 heteroatoms. The van der Waals surface area contributed by atoms with Crippen LogP contribution in [0.1, 0.15) is 19.7 Å². The van der Waals surface area contributed by atoms with Crippen LogP contribution in [0.2, 0.25) is 0 Å². The Labute approximate surface area is 145 Å². The van der Waals surface area contributed by atoms with Crippen molar-refractivity contribution in [1.29, 1.82) is 0 Å². The van der Waals surface area contributed by atoms with E-state index in [9.17, 15) is 9.59 Å². The van der Waals surface area contributed by atoms with Crippen molar-refractivity contribution in [3.05, 3.63) is 54.4 Å². The molecule has 0 aliphatic carbocycles. The van der Waals surface area contributed by atoms with Gasteiger partial charge in [0.1, 0.15) is 12.4 Å². The van der Waals surface area contributed by atoms with Crippen LogP contribution in [0.5, 0.6) is 0 Å². The molecule has 3 aromatic rings. The van der Waals surface area contributed by atoms with Crippen LogP contribution in [0.3, 0.4) is 0 Å². The van der Waals surface area contributed by atoms with Gasteiger partial charge in [0.2, 0.25) is 11.8 Å². The zero-order chi connectivity index (χ0) is 17.8. The van der Waals surface area contributed by atoms with Crippen LogP contribution in [0.15, 0.2) is 48.5 Å². The summed E-state index contributed by atoms with van der Waals surface area (Å²) in [6, 6.07) is 14.8. The quantitative estimate of drug-likeness (QED) is 0.751. The molecular weight excluding hydrogens is 316 g/mol. The molecule has 128 valence electrons. The molecule has 0 spiro atoms. The summed E-state index contributed by atoms with van der Waals surface area (Å²) in [5.74, 6) is 0.637. The molecule has 25 heavy (non-hydrogen) atoms. The van der Waals surface area contributed by atoms with Crippen LogP contribution in [0.4, 0.5) is 11.4 Å². The van der Waals surface area contributed by atoms with E-state index >= 15 is 0 Å². The Hall–Kier alpha value is -3.15. The van der Waals surface area contributed by atoms with Gasteiger partial charge in [-0.1, -0.05) is 19.1 Å². The lowest BCUT2D eigenvalue weighted by Crippen LogP contribution is -2.20. The fraction of sp³-hybridized carbons (Fsp3) is 0.211. The first-order valence-electron chi connectivity index (χ1n) is 8.18. The number of carbonyl (C=O) groups is 2. The second-order valence-corrected chi connectivity index (χ2v) is 5.76. The van der Waals surface area contributed by atoms with Crippen molar-refractivity contribution in [2.45, 2.75) is 26.8 Å². The van der Waals surface area contributed by atoms with Crippen LogP contribution in [0.25, 0.3) is 11.0 Å². The lowest BCUT2D eigenvalue weighted by molar-refractivity contribution is -0.117. The van der Waals surface area contributed by atoms with E-state index in [0.717, 1.165) is 23.3 Å². The number of rotatable bonds is 5. The molecule has 0 saturated heterocycles. The fourth-order valence-corrected chi connectivity index (χ4v) is 2.76. The first kappa shape index (κ1) is 16.7. The van der Waals surface area contributed by atoms with Crippen molar-refractivity contribution in [3.63, 3.8) is 0 Å². The van der Waals surface area contributed by atoms with Crippen molar-refractivity contribution in [2.75, 3.05) is 10.6 Å². The number of para-hydroxylation sites is 2. The largest absolute Gasteiger partial charge is 0.326 e. The standard InChI is InChI=1S/C19H20N4O2/c1-3-18-22-16-6-4-5-7-17(16)23(18)12-19(25)21-15-10-8-14(9-11-15)20-13(2)24/h4-11H,3,12H2,1-2H3,(H,20,24)(H,21,25). The lowest BCUT2D eigenvalue weighted by Gasteiger charge is -2.10. The summed E-state index contributed by atoms with van der Waals surface area (Å²) < 4.78 is 1.94. The number of imidazole rings is 1. The molecule has 0 atom stereocenters. The molecule has 2 N–H and O–H groups in total. The summed E-state index contributed by atoms with van der Waals surface area (Å²) >= 11 is 0. The second kappa shape index (κ2) is 7.17. The van der Waals surface area contributed by atoms with Crippen LogP contribution < -0.4 is 10.6 Å². The highest BCUT2D eigenvalue weighted by molar-refractivity contribution is 5.93. The number of hydrogen-bond acceptors (Lipinski definition) is 3. The molecule has 3 rings (SSSR count). The Morgan fingerprint density at radius 1 is 1.00 bits per heavy atom. The zero-order valence-corrected chi connectivity index (χ0v) is 14.2. The molecule has 2 amide bonds. The molecule has 0 radical (unpaired) electrons. The summed E-state index contributed by atoms with van der Waals surface area (Å²) in [7, 11) is 0. The van der Waals surface area contributed by atoms with Gasteiger partial charge in [0.25, 0.3) is 0 Å². The molecule has 0 saturated carbocycles. The Morgan fingerprint density at radius 2 is 1.64 bits per heavy atom. The van der Waals surface area contributed by atoms with E-state index in [2.05, 4.69) is 15.6 Å². The molecule has 2 aromatic carbocycles. The van der Waals surface area contributed by atoms with Gasteiger partial charge in [0, 0.05) is 24.7 Å². The molecule has 0 bridgehead atoms. The van der Waals surface area contributed by atoms with E-state index in [-0.39, 0.29) is 18.4 Å². The third kappa shape index (κ3) is 3.85. The highest BCUT2D eigenvalue weighted by Gasteiger charge is 2.12. The fourth-order valence-electron chi connectivity index (χ4n) is 2.76. The monoisotopic (exact) mass is 336 g/mol. The number of nitrogens with zero attached hydrogens (tertiary/aromatic N) is 2. The van der Waals surface area contributed by atoms with E-state index in [1.54, 1.807) is 24.3 Å². The number of carbonyl (C=O) groups excluding carboxylic acids is 2. The summed E-state index contributed by atoms with van der Waals surface area (Å²) in [6.07, 6.45) is 0.757. The first-order chi connectivity index (χ1) is 12.1. The number of amides is 2. The Morgan fingerprint density at radius 3 is 2.28 bits per heavy atom. The highest BCUT2D eigenvalue weighted by atomic mass is 16.2. The van der Waals surface area contributed by atoms with Gasteiger partial charge in [0.05, 0.1) is 11.0 Å². The van der Waals surface area contributed by atoms with Crippen LogP contribution in [-0.2, 0) is 22.6 Å². The average molecular weight is 336 g/mol. The number of aromatic nitrogens is 2. The number of nitrogens with one attached hydrogen (secondary N) is 2. The van der Waals surface area contributed by atoms with Gasteiger partial charge in [-0.15, -0.1) is 0 Å². The van der Waals surface area contributed by atoms with Crippen molar-refractivity contribution >= 4 is 34.2 Å². The van der Waals surface area contributed by atoms with Crippen molar-refractivity contribution in [3.8, 4) is 0 Å². The number of fused-ring (bicyclic) bond motifs is 1. The third-order valence-electron chi connectivity index (χ3n) is 3.84. The number of benzene rings is 2. The van der Waals surface area contributed by atoms with Gasteiger partial charge in [-0.3, -0.25) is 9.59 Å². The highest BCUT2D eigenvalue weighted by Crippen LogP contribution is 2.17. The van der Waals surface area contributed by atoms with E-state index in [1.165, 1.54) is 6.92 Å². The average Bonchev–Trinajstić information content (AvgIpc) is 2.94. The van der Waals surface area contributed by atoms with Crippen LogP contribution in [0, 0.1) is 0 Å². The SMILES string of the molecule is CCc1nc2ccccc2n1CC(=O)Nc1ccc(NC(C)=O)cc1. The molecule has 1 aromatic heterocycles. The van der Waals surface area contributed by atoms with Crippen molar-refractivity contribution in [2.24, 2.45) is 0 Å². The van der Waals surface area contributed by atoms with Crippen LogP contribution in [-0.4, -0.2) is 21.4 Å². The maximum absolute atomic E-state index is 12.4. The number of aryl methyl sites for hydroxylation is 1. The first-order valence-corrected chi connectivity index (χ1v) is 8.18. The molecule has 6 nitrogen and oxygen atoms in total. The van der Waals surface area contributed by atoms with E-state index < -0.39 is 0 Å². The molecule has 0 fully saturated rings. The normalized spacial score (nSPS) is 10.6. The molecule has 1 heterocycles. The topological polar surface area (TPSA) is 76.0 Å². The predicted octanol–water partition coefficient (Wildman–Crippen LogP) is 3.20. The Bertz CT molecular complexity index is 913. The minimum Gasteiger partial charge on any atom is -0.326 e. The summed E-state index contributed by atoms with van der Waals surface area (Å²) in [5.41, 5.74) is 3.23. The third-order valence-corrected chi connectivity index (χ3v) is 3.84. The summed E-state index contributed by atoms with van der Waals surface area (Å²) in [5, 5.41) is 5.57. The van der Waals surface area contributed by atoms with Crippen molar-refractivity contribution in [1.82, 2.24) is 9.55 Å². The lowest BCUT2D eigenvalue weighted by atomic mass is 10.2. The smallest absolute Gasteiger partial charge is 0.244 e. The summed E-state index contributed by atoms with van der Waals surface area (Å²) in [4.78, 5) is 28.0. The maximum atomic E-state index is 12.4. The number of hydrogen-bond donors (Lipinski definition) is 2. The zero-order valence-electron chi connectivity index (χ0n) is 14.2. The van der Waals surface area contributed by atoms with E-state index in [1.807, 2.05) is 35.8 Å². The molecule has 0 aliphatic heterocycles. The van der Waals surface area contributed by atoms with Gasteiger partial charge in [0.15, 0.2) is 0 Å². The van der Waals surface area contributed by atoms with Gasteiger partial charge in [-0.25, -0.2) is 4.98 Å². The molecule has 0 unspecified atom stereocenters. The molecule has 0 aliphatic rings. The van der Waals surface area contributed by atoms with Crippen LogP contribution >= 0.6 is 0 Å².